The number of amides is 4. The molecule has 1 aromatic carbocycles. The van der Waals surface area contributed by atoms with Gasteiger partial charge >= 0.3 is 5.97 Å². The van der Waals surface area contributed by atoms with Crippen molar-refractivity contribution in [1.82, 2.24) is 20.9 Å². The number of hydrogen-bond acceptors (Lipinski definition) is 7. The Hall–Kier alpha value is -3.97. The van der Waals surface area contributed by atoms with Gasteiger partial charge in [-0.25, -0.2) is 4.79 Å². The molecule has 0 aliphatic rings. The highest BCUT2D eigenvalue weighted by Gasteiger charge is 2.30. The normalized spacial score (nSPS) is 13.4. The maximum Gasteiger partial charge on any atom is 0.326 e. The second-order valence-corrected chi connectivity index (χ2v) is 8.30. The largest absolute Gasteiger partial charge is 0.480 e. The summed E-state index contributed by atoms with van der Waals surface area (Å²) in [6, 6.07) is 3.60. The molecule has 3 atom stereocenters. The van der Waals surface area contributed by atoms with Gasteiger partial charge in [-0.15, -0.1) is 0 Å². The maximum atomic E-state index is 13.1. The first-order valence-corrected chi connectivity index (χ1v) is 11.5. The van der Waals surface area contributed by atoms with Crippen molar-refractivity contribution in [2.24, 2.45) is 17.2 Å². The fourth-order valence-electron chi connectivity index (χ4n) is 3.69. The molecule has 0 aliphatic heterocycles. The topological polar surface area (TPSA) is 236 Å². The number of aliphatic carboxylic acids is 1. The van der Waals surface area contributed by atoms with E-state index in [4.69, 9.17) is 17.2 Å². The number of aromatic nitrogens is 1. The Morgan fingerprint density at radius 1 is 0.917 bits per heavy atom. The van der Waals surface area contributed by atoms with Gasteiger partial charge in [-0.1, -0.05) is 18.2 Å². The Bertz CT molecular complexity index is 1090. The highest BCUT2D eigenvalue weighted by molar-refractivity contribution is 5.95. The molecule has 0 saturated carbocycles. The minimum Gasteiger partial charge on any atom is -0.480 e. The van der Waals surface area contributed by atoms with E-state index in [1.54, 1.807) is 6.20 Å². The monoisotopic (exact) mass is 503 g/mol. The Labute approximate surface area is 207 Å². The van der Waals surface area contributed by atoms with E-state index in [0.717, 1.165) is 10.9 Å². The summed E-state index contributed by atoms with van der Waals surface area (Å²) in [5, 5.41) is 17.8. The number of nitrogens with two attached hydrogens (primary N) is 3. The molecule has 196 valence electrons. The van der Waals surface area contributed by atoms with Crippen LogP contribution in [0.5, 0.6) is 0 Å². The molecule has 11 N–H and O–H groups in total. The molecule has 3 unspecified atom stereocenters. The molecule has 0 fully saturated rings. The van der Waals surface area contributed by atoms with Crippen molar-refractivity contribution < 1.29 is 29.1 Å². The van der Waals surface area contributed by atoms with Crippen molar-refractivity contribution in [1.29, 1.82) is 0 Å². The molecule has 4 amide bonds. The molecule has 13 nitrogen and oxygen atoms in total. The summed E-state index contributed by atoms with van der Waals surface area (Å²) in [5.74, 6) is -4.34. The first kappa shape index (κ1) is 28.3. The predicted octanol–water partition coefficient (Wildman–Crippen LogP) is -1.79. The van der Waals surface area contributed by atoms with Gasteiger partial charge in [0.15, 0.2) is 0 Å². The van der Waals surface area contributed by atoms with Crippen molar-refractivity contribution in [3.8, 4) is 0 Å². The van der Waals surface area contributed by atoms with Crippen LogP contribution in [0, 0.1) is 0 Å². The number of benzene rings is 1. The molecule has 0 bridgehead atoms. The number of para-hydroxylation sites is 1. The third kappa shape index (κ3) is 8.36. The molecule has 0 radical (unpaired) electrons. The average Bonchev–Trinajstić information content (AvgIpc) is 3.24. The minimum absolute atomic E-state index is 0.00537. The maximum absolute atomic E-state index is 13.1. The Morgan fingerprint density at radius 3 is 2.22 bits per heavy atom. The molecule has 2 aromatic rings. The van der Waals surface area contributed by atoms with Gasteiger partial charge in [0.25, 0.3) is 0 Å². The number of carbonyl (C=O) groups excluding carboxylic acids is 4. The van der Waals surface area contributed by atoms with Crippen LogP contribution in [0.4, 0.5) is 0 Å². The Kier molecular flexibility index (Phi) is 10.8. The molecule has 2 rings (SSSR count). The quantitative estimate of drug-likeness (QED) is 0.129. The van der Waals surface area contributed by atoms with Gasteiger partial charge in [-0.05, 0) is 37.4 Å². The van der Waals surface area contributed by atoms with Crippen LogP contribution in [-0.4, -0.2) is 70.9 Å². The van der Waals surface area contributed by atoms with Crippen molar-refractivity contribution in [3.63, 3.8) is 0 Å². The van der Waals surface area contributed by atoms with E-state index in [9.17, 15) is 29.1 Å². The van der Waals surface area contributed by atoms with Gasteiger partial charge in [0.05, 0.1) is 13.0 Å². The number of H-pyrrole nitrogens is 1. The third-order valence-corrected chi connectivity index (χ3v) is 5.54. The van der Waals surface area contributed by atoms with Crippen LogP contribution in [-0.2, 0) is 30.4 Å². The van der Waals surface area contributed by atoms with Gasteiger partial charge in [-0.3, -0.25) is 19.2 Å². The lowest BCUT2D eigenvalue weighted by Crippen LogP contribution is -2.57. The molecule has 1 heterocycles. The van der Waals surface area contributed by atoms with Crippen LogP contribution < -0.4 is 33.2 Å². The number of fused-ring (bicyclic) bond motifs is 1. The Balaban J connectivity index is 2.18. The summed E-state index contributed by atoms with van der Waals surface area (Å²) in [6.07, 6.45) is 2.36. The summed E-state index contributed by atoms with van der Waals surface area (Å²) >= 11 is 0. The number of unbranched alkanes of at least 4 members (excludes halogenated alkanes) is 1. The lowest BCUT2D eigenvalue weighted by Gasteiger charge is -2.24. The highest BCUT2D eigenvalue weighted by Crippen LogP contribution is 2.19. The van der Waals surface area contributed by atoms with E-state index >= 15 is 0 Å². The van der Waals surface area contributed by atoms with Gasteiger partial charge in [0, 0.05) is 23.5 Å². The molecule has 0 spiro atoms. The summed E-state index contributed by atoms with van der Waals surface area (Å²) in [6.45, 7) is -0.0610. The smallest absolute Gasteiger partial charge is 0.326 e. The van der Waals surface area contributed by atoms with Gasteiger partial charge in [-0.2, -0.15) is 0 Å². The standard InChI is InChI=1S/C23H33N7O6/c24-8-4-3-7-16(29-22(34)17(10-19(26)31)28-20(32)11-25)21(33)30-18(23(35)36)9-13-12-27-15-6-2-1-5-14(13)15/h1-2,5-6,12,16-18,27H,3-4,7-11,24-25H2,(H2,26,31)(H,28,32)(H,29,34)(H,30,33)(H,35,36). The average molecular weight is 504 g/mol. The van der Waals surface area contributed by atoms with E-state index in [0.29, 0.717) is 24.9 Å². The van der Waals surface area contributed by atoms with Crippen LogP contribution in [0.3, 0.4) is 0 Å². The SMILES string of the molecule is NCCCCC(NC(=O)C(CC(N)=O)NC(=O)CN)C(=O)NC(Cc1c[nH]c2ccccc12)C(=O)O. The molecule has 36 heavy (non-hydrogen) atoms. The van der Waals surface area contributed by atoms with Crippen LogP contribution in [0.1, 0.15) is 31.2 Å². The number of carboxylic acids is 1. The lowest BCUT2D eigenvalue weighted by molar-refractivity contribution is -0.142. The van der Waals surface area contributed by atoms with Crippen molar-refractivity contribution in [2.45, 2.75) is 50.2 Å². The van der Waals surface area contributed by atoms with E-state index in [1.807, 2.05) is 24.3 Å². The second-order valence-electron chi connectivity index (χ2n) is 8.30. The molecule has 1 aromatic heterocycles. The summed E-state index contributed by atoms with van der Waals surface area (Å²) in [5.41, 5.74) is 17.5. The third-order valence-electron chi connectivity index (χ3n) is 5.54. The van der Waals surface area contributed by atoms with Crippen LogP contribution in [0.2, 0.25) is 0 Å². The number of primary amides is 1. The summed E-state index contributed by atoms with van der Waals surface area (Å²) in [7, 11) is 0. The van der Waals surface area contributed by atoms with Crippen molar-refractivity contribution in [3.05, 3.63) is 36.0 Å². The first-order chi connectivity index (χ1) is 17.2. The molecular formula is C23H33N7O6. The molecule has 0 aliphatic carbocycles. The zero-order chi connectivity index (χ0) is 26.7. The zero-order valence-electron chi connectivity index (χ0n) is 19.8. The fourth-order valence-corrected chi connectivity index (χ4v) is 3.69. The van der Waals surface area contributed by atoms with E-state index in [1.165, 1.54) is 0 Å². The van der Waals surface area contributed by atoms with Crippen LogP contribution >= 0.6 is 0 Å². The second kappa shape index (κ2) is 13.8. The number of rotatable bonds is 15. The first-order valence-electron chi connectivity index (χ1n) is 11.5. The molecule has 13 heteroatoms. The number of carboxylic acid groups (broad SMARTS) is 1. The van der Waals surface area contributed by atoms with Gasteiger partial charge in [0.1, 0.15) is 18.1 Å². The molecular weight excluding hydrogens is 470 g/mol. The van der Waals surface area contributed by atoms with E-state index in [-0.39, 0.29) is 12.8 Å². The molecule has 0 saturated heterocycles. The van der Waals surface area contributed by atoms with Crippen molar-refractivity contribution >= 4 is 40.5 Å². The lowest BCUT2D eigenvalue weighted by atomic mass is 10.0. The zero-order valence-corrected chi connectivity index (χ0v) is 19.8. The number of carbonyl (C=O) groups is 5. The van der Waals surface area contributed by atoms with Crippen LogP contribution in [0.15, 0.2) is 30.5 Å². The summed E-state index contributed by atoms with van der Waals surface area (Å²) < 4.78 is 0. The Morgan fingerprint density at radius 2 is 1.58 bits per heavy atom. The predicted molar refractivity (Wildman–Crippen MR) is 131 cm³/mol. The minimum atomic E-state index is -1.34. The fraction of sp³-hybridized carbons (Fsp3) is 0.435. The van der Waals surface area contributed by atoms with Gasteiger partial charge < -0.3 is 43.2 Å². The van der Waals surface area contributed by atoms with Crippen molar-refractivity contribution in [2.75, 3.05) is 13.1 Å². The number of hydrogen-bond donors (Lipinski definition) is 8. The van der Waals surface area contributed by atoms with E-state index in [2.05, 4.69) is 20.9 Å². The number of aromatic amines is 1. The number of nitrogens with one attached hydrogen (secondary N) is 4. The highest BCUT2D eigenvalue weighted by atomic mass is 16.4. The van der Waals surface area contributed by atoms with Gasteiger partial charge in [0.2, 0.25) is 23.6 Å². The summed E-state index contributed by atoms with van der Waals surface area (Å²) in [4.78, 5) is 63.9. The van der Waals surface area contributed by atoms with E-state index < -0.39 is 60.7 Å². The van der Waals surface area contributed by atoms with Crippen LogP contribution in [0.25, 0.3) is 10.9 Å².